The molecule has 0 aromatic heterocycles. The van der Waals surface area contributed by atoms with E-state index in [4.69, 9.17) is 33.7 Å². The number of anilines is 1. The van der Waals surface area contributed by atoms with Crippen molar-refractivity contribution in [3.63, 3.8) is 0 Å². The quantitative estimate of drug-likeness (QED) is 0.666. The lowest BCUT2D eigenvalue weighted by molar-refractivity contribution is 0.101. The van der Waals surface area contributed by atoms with E-state index in [0.717, 1.165) is 0 Å². The van der Waals surface area contributed by atoms with Crippen molar-refractivity contribution in [3.8, 4) is 11.5 Å². The van der Waals surface area contributed by atoms with E-state index >= 15 is 0 Å². The van der Waals surface area contributed by atoms with Gasteiger partial charge in [-0.05, 0) is 43.3 Å². The number of nitrogen functional groups attached to an aromatic ring is 1. The predicted molar refractivity (Wildman–Crippen MR) is 77.4 cm³/mol. The Kier molecular flexibility index (Phi) is 3.98. The van der Waals surface area contributed by atoms with Crippen LogP contribution in [0, 0.1) is 0 Å². The number of ketones is 1. The van der Waals surface area contributed by atoms with E-state index in [2.05, 4.69) is 0 Å². The van der Waals surface area contributed by atoms with Gasteiger partial charge in [0.1, 0.15) is 11.5 Å². The van der Waals surface area contributed by atoms with Crippen LogP contribution in [-0.2, 0) is 0 Å². The number of Topliss-reactive ketones (excluding diaryl/α,β-unsaturated/α-hetero) is 1. The molecule has 98 valence electrons. The van der Waals surface area contributed by atoms with Crippen LogP contribution in [0.4, 0.5) is 5.69 Å². The van der Waals surface area contributed by atoms with Crippen LogP contribution in [0.5, 0.6) is 11.5 Å². The molecule has 0 saturated carbocycles. The lowest BCUT2D eigenvalue weighted by atomic mass is 10.1. The Morgan fingerprint density at radius 1 is 1.16 bits per heavy atom. The molecule has 5 heteroatoms. The molecule has 3 nitrogen and oxygen atoms in total. The minimum atomic E-state index is -0.120. The standard InChI is InChI=1S/C14H11Cl2NO2/c1-8(18)11-7-10(3-4-13(11)17)19-14-5-2-9(15)6-12(14)16/h2-7H,17H2,1H3. The fraction of sp³-hybridized carbons (Fsp3) is 0.0714. The van der Waals surface area contributed by atoms with Crippen LogP contribution in [0.15, 0.2) is 36.4 Å². The van der Waals surface area contributed by atoms with Gasteiger partial charge in [-0.3, -0.25) is 4.79 Å². The number of ether oxygens (including phenoxy) is 1. The zero-order valence-corrected chi connectivity index (χ0v) is 11.6. The molecule has 0 spiro atoms. The van der Waals surface area contributed by atoms with Crippen LogP contribution in [0.3, 0.4) is 0 Å². The van der Waals surface area contributed by atoms with Crippen molar-refractivity contribution < 1.29 is 9.53 Å². The minimum Gasteiger partial charge on any atom is -0.456 e. The van der Waals surface area contributed by atoms with Crippen LogP contribution in [-0.4, -0.2) is 5.78 Å². The highest BCUT2D eigenvalue weighted by Gasteiger charge is 2.09. The number of benzene rings is 2. The fourth-order valence-corrected chi connectivity index (χ4v) is 2.04. The van der Waals surface area contributed by atoms with Gasteiger partial charge in [0.2, 0.25) is 0 Å². The normalized spacial score (nSPS) is 10.3. The Balaban J connectivity index is 2.33. The van der Waals surface area contributed by atoms with Gasteiger partial charge >= 0.3 is 0 Å². The van der Waals surface area contributed by atoms with Crippen molar-refractivity contribution in [3.05, 3.63) is 52.0 Å². The largest absolute Gasteiger partial charge is 0.456 e. The van der Waals surface area contributed by atoms with E-state index in [9.17, 15) is 4.79 Å². The number of hydrogen-bond donors (Lipinski definition) is 1. The second kappa shape index (κ2) is 5.51. The molecule has 0 amide bonds. The Bertz CT molecular complexity index is 641. The number of rotatable bonds is 3. The highest BCUT2D eigenvalue weighted by Crippen LogP contribution is 2.32. The van der Waals surface area contributed by atoms with Crippen LogP contribution in [0.1, 0.15) is 17.3 Å². The molecular weight excluding hydrogens is 285 g/mol. The van der Waals surface area contributed by atoms with Crippen molar-refractivity contribution >= 4 is 34.7 Å². The maximum atomic E-state index is 11.4. The van der Waals surface area contributed by atoms with Gasteiger partial charge in [0.15, 0.2) is 5.78 Å². The van der Waals surface area contributed by atoms with Gasteiger partial charge < -0.3 is 10.5 Å². The molecule has 19 heavy (non-hydrogen) atoms. The summed E-state index contributed by atoms with van der Waals surface area (Å²) in [4.78, 5) is 11.4. The van der Waals surface area contributed by atoms with Crippen molar-refractivity contribution in [2.24, 2.45) is 0 Å². The van der Waals surface area contributed by atoms with Gasteiger partial charge in [-0.15, -0.1) is 0 Å². The zero-order chi connectivity index (χ0) is 14.0. The first-order valence-electron chi connectivity index (χ1n) is 5.51. The summed E-state index contributed by atoms with van der Waals surface area (Å²) in [6.45, 7) is 1.45. The fourth-order valence-electron chi connectivity index (χ4n) is 1.59. The van der Waals surface area contributed by atoms with E-state index in [1.807, 2.05) is 0 Å². The average Bonchev–Trinajstić information content (AvgIpc) is 2.34. The van der Waals surface area contributed by atoms with Gasteiger partial charge in [0.05, 0.1) is 5.02 Å². The maximum Gasteiger partial charge on any atom is 0.162 e. The summed E-state index contributed by atoms with van der Waals surface area (Å²) >= 11 is 11.8. The summed E-state index contributed by atoms with van der Waals surface area (Å²) in [5.74, 6) is 0.833. The number of halogens is 2. The Labute approximate surface area is 120 Å². The highest BCUT2D eigenvalue weighted by molar-refractivity contribution is 6.35. The maximum absolute atomic E-state index is 11.4. The molecule has 2 N–H and O–H groups in total. The Hall–Kier alpha value is -1.71. The first kappa shape index (κ1) is 13.7. The van der Waals surface area contributed by atoms with E-state index in [-0.39, 0.29) is 5.78 Å². The third kappa shape index (κ3) is 3.19. The molecular formula is C14H11Cl2NO2. The highest BCUT2D eigenvalue weighted by atomic mass is 35.5. The molecule has 2 aromatic carbocycles. The van der Waals surface area contributed by atoms with Gasteiger partial charge in [-0.25, -0.2) is 0 Å². The van der Waals surface area contributed by atoms with E-state index in [1.54, 1.807) is 36.4 Å². The molecule has 0 unspecified atom stereocenters. The lowest BCUT2D eigenvalue weighted by Gasteiger charge is -2.10. The molecule has 0 bridgehead atoms. The smallest absolute Gasteiger partial charge is 0.162 e. The minimum absolute atomic E-state index is 0.120. The van der Waals surface area contributed by atoms with Crippen molar-refractivity contribution in [1.29, 1.82) is 0 Å². The Morgan fingerprint density at radius 3 is 2.53 bits per heavy atom. The zero-order valence-electron chi connectivity index (χ0n) is 10.1. The molecule has 0 saturated heterocycles. The summed E-state index contributed by atoms with van der Waals surface area (Å²) in [7, 11) is 0. The van der Waals surface area contributed by atoms with Gasteiger partial charge in [0.25, 0.3) is 0 Å². The van der Waals surface area contributed by atoms with Crippen molar-refractivity contribution in [2.45, 2.75) is 6.92 Å². The summed E-state index contributed by atoms with van der Waals surface area (Å²) in [5, 5.41) is 0.924. The monoisotopic (exact) mass is 295 g/mol. The summed E-state index contributed by atoms with van der Waals surface area (Å²) in [6.07, 6.45) is 0. The predicted octanol–water partition coefficient (Wildman–Crippen LogP) is 4.57. The van der Waals surface area contributed by atoms with Gasteiger partial charge in [-0.2, -0.15) is 0 Å². The summed E-state index contributed by atoms with van der Waals surface area (Å²) in [5.41, 5.74) is 6.55. The summed E-state index contributed by atoms with van der Waals surface area (Å²) < 4.78 is 5.61. The molecule has 0 radical (unpaired) electrons. The second-order valence-corrected chi connectivity index (χ2v) is 4.83. The average molecular weight is 296 g/mol. The third-order valence-electron chi connectivity index (χ3n) is 2.53. The van der Waals surface area contributed by atoms with Gasteiger partial charge in [0, 0.05) is 16.3 Å². The molecule has 2 aromatic rings. The van der Waals surface area contributed by atoms with Crippen molar-refractivity contribution in [1.82, 2.24) is 0 Å². The third-order valence-corrected chi connectivity index (χ3v) is 3.06. The van der Waals surface area contributed by atoms with Crippen molar-refractivity contribution in [2.75, 3.05) is 5.73 Å². The topological polar surface area (TPSA) is 52.3 Å². The molecule has 0 aliphatic rings. The van der Waals surface area contributed by atoms with Gasteiger partial charge in [-0.1, -0.05) is 23.2 Å². The summed E-state index contributed by atoms with van der Waals surface area (Å²) in [6, 6.07) is 9.80. The Morgan fingerprint density at radius 2 is 1.89 bits per heavy atom. The van der Waals surface area contributed by atoms with E-state index < -0.39 is 0 Å². The molecule has 0 atom stereocenters. The van der Waals surface area contributed by atoms with Crippen LogP contribution < -0.4 is 10.5 Å². The lowest BCUT2D eigenvalue weighted by Crippen LogP contribution is -1.99. The first-order chi connectivity index (χ1) is 8.97. The number of carbonyl (C=O) groups excluding carboxylic acids is 1. The SMILES string of the molecule is CC(=O)c1cc(Oc2ccc(Cl)cc2Cl)ccc1N. The number of nitrogens with two attached hydrogens (primary N) is 1. The molecule has 0 heterocycles. The van der Waals surface area contributed by atoms with Crippen LogP contribution in [0.2, 0.25) is 10.0 Å². The molecule has 0 aliphatic heterocycles. The first-order valence-corrected chi connectivity index (χ1v) is 6.26. The van der Waals surface area contributed by atoms with E-state index in [0.29, 0.717) is 32.8 Å². The second-order valence-electron chi connectivity index (χ2n) is 3.98. The number of carbonyl (C=O) groups is 1. The molecule has 0 aliphatic carbocycles. The molecule has 2 rings (SSSR count). The van der Waals surface area contributed by atoms with Crippen LogP contribution >= 0.6 is 23.2 Å². The van der Waals surface area contributed by atoms with E-state index in [1.165, 1.54) is 6.92 Å². The van der Waals surface area contributed by atoms with Crippen LogP contribution in [0.25, 0.3) is 0 Å². The molecule has 0 fully saturated rings. The number of hydrogen-bond acceptors (Lipinski definition) is 3.